The molecule has 0 spiro atoms. The highest BCUT2D eigenvalue weighted by molar-refractivity contribution is 9.10. The number of benzene rings is 1. The number of nitrogens with zero attached hydrogens (tertiary/aromatic N) is 12. The van der Waals surface area contributed by atoms with Gasteiger partial charge in [0.2, 0.25) is 11.9 Å². The van der Waals surface area contributed by atoms with Crippen molar-refractivity contribution in [2.24, 2.45) is 11.5 Å². The monoisotopic (exact) mass is 993 g/mol. The second-order valence-corrected chi connectivity index (χ2v) is 17.5. The molecule has 23 heteroatoms. The van der Waals surface area contributed by atoms with Crippen LogP contribution in [0.4, 0.5) is 23.3 Å². The van der Waals surface area contributed by atoms with Crippen LogP contribution in [-0.2, 0) is 9.47 Å². The second-order valence-electron chi connectivity index (χ2n) is 16.6. The molecule has 0 radical (unpaired) electrons. The molecule has 1 aliphatic carbocycles. The third kappa shape index (κ3) is 9.78. The number of ether oxygens (including phenoxy) is 2. The van der Waals surface area contributed by atoms with Crippen LogP contribution in [0.2, 0.25) is 0 Å². The third-order valence-electron chi connectivity index (χ3n) is 12.1. The van der Waals surface area contributed by atoms with Gasteiger partial charge < -0.3 is 46.7 Å². The number of nitriles is 2. The number of aromatic nitrogens is 8. The highest BCUT2D eigenvalue weighted by Gasteiger charge is 2.37. The van der Waals surface area contributed by atoms with Crippen molar-refractivity contribution >= 4 is 68.0 Å². The number of halogens is 1. The molecule has 10 rings (SSSR count). The van der Waals surface area contributed by atoms with Gasteiger partial charge in [-0.1, -0.05) is 12.1 Å². The van der Waals surface area contributed by atoms with Crippen molar-refractivity contribution in [2.75, 3.05) is 60.8 Å². The van der Waals surface area contributed by atoms with Gasteiger partial charge in [0, 0.05) is 74.4 Å². The lowest BCUT2D eigenvalue weighted by molar-refractivity contribution is 0.0948. The van der Waals surface area contributed by atoms with Crippen molar-refractivity contribution in [1.29, 1.82) is 10.5 Å². The van der Waals surface area contributed by atoms with E-state index in [0.717, 1.165) is 34.0 Å². The minimum Gasteiger partial charge on any atom is -0.377 e. The lowest BCUT2D eigenvalue weighted by Crippen LogP contribution is -2.34. The maximum absolute atomic E-state index is 12.4. The number of hydrogen-bond acceptors (Lipinski definition) is 17. The fourth-order valence-electron chi connectivity index (χ4n) is 8.31. The number of methoxy groups -OCH3 is 2. The maximum Gasteiger partial charge on any atom is 0.252 e. The van der Waals surface area contributed by atoms with Crippen LogP contribution in [-0.4, -0.2) is 128 Å². The Labute approximate surface area is 402 Å². The number of carbonyl (C=O) groups is 3. The number of rotatable bonds is 13. The summed E-state index contributed by atoms with van der Waals surface area (Å²) < 4.78 is 15.6. The van der Waals surface area contributed by atoms with Gasteiger partial charge in [0.05, 0.1) is 106 Å². The zero-order chi connectivity index (χ0) is 48.3. The quantitative estimate of drug-likeness (QED) is 0.111. The number of primary amides is 2. The second kappa shape index (κ2) is 19.5. The fourth-order valence-corrected chi connectivity index (χ4v) is 8.72. The van der Waals surface area contributed by atoms with Crippen molar-refractivity contribution in [3.05, 3.63) is 118 Å². The Morgan fingerprint density at radius 1 is 0.681 bits per heavy atom. The number of amides is 3. The van der Waals surface area contributed by atoms with E-state index in [0.29, 0.717) is 83.3 Å². The summed E-state index contributed by atoms with van der Waals surface area (Å²) in [6.45, 7) is 2.10. The number of anilines is 4. The Balaban J connectivity index is 0.000000181. The van der Waals surface area contributed by atoms with Crippen molar-refractivity contribution in [3.63, 3.8) is 0 Å². The molecule has 7 aromatic rings. The Kier molecular flexibility index (Phi) is 13.0. The van der Waals surface area contributed by atoms with Crippen LogP contribution in [0, 0.1) is 22.7 Å². The summed E-state index contributed by atoms with van der Waals surface area (Å²) >= 11 is 3.43. The summed E-state index contributed by atoms with van der Waals surface area (Å²) in [5, 5.41) is 36.5. The average Bonchev–Trinajstić information content (AvgIpc) is 3.67. The lowest BCUT2D eigenvalue weighted by atomic mass is 10.1. The summed E-state index contributed by atoms with van der Waals surface area (Å²) in [6.07, 6.45) is 14.1. The zero-order valence-electron chi connectivity index (χ0n) is 37.2. The van der Waals surface area contributed by atoms with Gasteiger partial charge in [0.25, 0.3) is 17.7 Å². The first-order chi connectivity index (χ1) is 33.4. The van der Waals surface area contributed by atoms with E-state index in [2.05, 4.69) is 62.0 Å². The van der Waals surface area contributed by atoms with E-state index in [1.165, 1.54) is 37.2 Å². The number of hydrogen-bond donors (Lipinski definition) is 5. The van der Waals surface area contributed by atoms with Crippen LogP contribution in [0.3, 0.4) is 0 Å². The topological polar surface area (TPSA) is 298 Å². The molecule has 4 atom stereocenters. The molecule has 3 fully saturated rings. The first kappa shape index (κ1) is 45.9. The molecule has 0 bridgehead atoms. The predicted octanol–water partition coefficient (Wildman–Crippen LogP) is 3.14. The van der Waals surface area contributed by atoms with Crippen LogP contribution in [0.5, 0.6) is 0 Å². The Morgan fingerprint density at radius 3 is 1.61 bits per heavy atom. The number of nitrogens with two attached hydrogens (primary N) is 2. The van der Waals surface area contributed by atoms with Crippen molar-refractivity contribution in [1.82, 2.24) is 44.5 Å². The molecule has 7 N–H and O–H groups in total. The number of nitrogens with one attached hydrogen (secondary N) is 3. The van der Waals surface area contributed by atoms with Gasteiger partial charge in [-0.25, -0.2) is 29.0 Å². The summed E-state index contributed by atoms with van der Waals surface area (Å²) in [6, 6.07) is 15.1. The molecule has 69 heavy (non-hydrogen) atoms. The van der Waals surface area contributed by atoms with Gasteiger partial charge in [-0.3, -0.25) is 14.4 Å². The molecule has 3 aliphatic rings. The predicted molar refractivity (Wildman–Crippen MR) is 255 cm³/mol. The van der Waals surface area contributed by atoms with Crippen molar-refractivity contribution < 1.29 is 23.9 Å². The first-order valence-electron chi connectivity index (χ1n) is 21.7. The molecule has 0 unspecified atom stereocenters. The number of carbonyl (C=O) groups excluding carboxylic acids is 3. The molecule has 2 aliphatic heterocycles. The normalized spacial score (nSPS) is 18.6. The third-order valence-corrected chi connectivity index (χ3v) is 12.5. The minimum absolute atomic E-state index is 0.0694. The Morgan fingerprint density at radius 2 is 1.16 bits per heavy atom. The van der Waals surface area contributed by atoms with E-state index in [4.69, 9.17) is 31.5 Å². The van der Waals surface area contributed by atoms with E-state index in [1.807, 2.05) is 52.4 Å². The fraction of sp³-hybridized carbons (Fsp3) is 0.283. The molecule has 350 valence electrons. The molecule has 3 amide bonds. The standard InChI is InChI=1S/C28H27N9O3.C18H17BrN8O2/c1-40-24-15-36(28-31-10-16(9-29)11-32-28)14-22(24)35-25-21(26(30)38)12-33-37-13-19(8-23(25)37)17-2-4-18(5-3-17)27(39)34-20-6-7-20;1-29-15-9-26(18-22-4-10(3-20)5-23-18)8-13(15)25-16-12(17(21)28)6-24-27-7-11(19)2-14(16)27/h2-5,8,10-13,20,22,24,35H,6-7,14-15H2,1H3,(H2,30,38)(H,34,39);2,4-7,13,15,25H,8-9H2,1H3,(H2,21,28)/t22-,24+;13-,15+/m11/s1. The van der Waals surface area contributed by atoms with E-state index >= 15 is 0 Å². The Bertz CT molecular complexity index is 3150. The summed E-state index contributed by atoms with van der Waals surface area (Å²) in [5.41, 5.74) is 17.6. The van der Waals surface area contributed by atoms with Gasteiger partial charge in [-0.05, 0) is 58.6 Å². The van der Waals surface area contributed by atoms with Gasteiger partial charge in [-0.15, -0.1) is 0 Å². The molecular formula is C46H44BrN17O5. The largest absolute Gasteiger partial charge is 0.377 e. The lowest BCUT2D eigenvalue weighted by Gasteiger charge is -2.21. The van der Waals surface area contributed by atoms with Gasteiger partial charge in [0.15, 0.2) is 0 Å². The molecule has 8 heterocycles. The van der Waals surface area contributed by atoms with E-state index in [1.54, 1.807) is 41.6 Å². The molecule has 6 aromatic heterocycles. The summed E-state index contributed by atoms with van der Waals surface area (Å²) in [7, 11) is 3.26. The summed E-state index contributed by atoms with van der Waals surface area (Å²) in [5.74, 6) is -0.250. The first-order valence-corrected chi connectivity index (χ1v) is 22.4. The van der Waals surface area contributed by atoms with Gasteiger partial charge in [-0.2, -0.15) is 20.7 Å². The molecule has 1 aromatic carbocycles. The van der Waals surface area contributed by atoms with E-state index in [-0.39, 0.29) is 35.8 Å². The minimum atomic E-state index is -0.606. The van der Waals surface area contributed by atoms with Gasteiger partial charge >= 0.3 is 0 Å². The molecular weight excluding hydrogens is 951 g/mol. The molecule has 2 saturated heterocycles. The van der Waals surface area contributed by atoms with Crippen LogP contribution in [0.25, 0.3) is 22.2 Å². The van der Waals surface area contributed by atoms with Crippen LogP contribution in [0.1, 0.15) is 55.0 Å². The van der Waals surface area contributed by atoms with Crippen LogP contribution >= 0.6 is 15.9 Å². The maximum atomic E-state index is 12.4. The van der Waals surface area contributed by atoms with Crippen molar-refractivity contribution in [2.45, 2.75) is 43.2 Å². The van der Waals surface area contributed by atoms with Crippen LogP contribution < -0.4 is 37.2 Å². The Hall–Kier alpha value is -8.25. The smallest absolute Gasteiger partial charge is 0.252 e. The van der Waals surface area contributed by atoms with Crippen molar-refractivity contribution in [3.8, 4) is 23.3 Å². The molecule has 1 saturated carbocycles. The van der Waals surface area contributed by atoms with E-state index < -0.39 is 11.8 Å². The number of fused-ring (bicyclic) bond motifs is 2. The average molecular weight is 995 g/mol. The highest BCUT2D eigenvalue weighted by Crippen LogP contribution is 2.32. The zero-order valence-corrected chi connectivity index (χ0v) is 38.7. The van der Waals surface area contributed by atoms with Crippen LogP contribution in [0.15, 0.2) is 90.4 Å². The highest BCUT2D eigenvalue weighted by atomic mass is 79.9. The SMILES string of the molecule is CO[C@H]1CN(c2ncc(C#N)cn2)C[C@H]1Nc1c(C(N)=O)cnn2cc(-c3ccc(C(=O)NC4CC4)cc3)cc12.CO[C@H]1CN(c2ncc(C#N)cn2)C[C@H]1Nc1c(C(N)=O)cnn2cc(Br)cc12. The summed E-state index contributed by atoms with van der Waals surface area (Å²) in [4.78, 5) is 57.8. The van der Waals surface area contributed by atoms with Gasteiger partial charge in [0.1, 0.15) is 12.1 Å². The van der Waals surface area contributed by atoms with E-state index in [9.17, 15) is 14.4 Å². The molecule has 22 nitrogen and oxygen atoms in total.